The number of nitrogens with zero attached hydrogens (tertiary/aromatic N) is 4. The van der Waals surface area contributed by atoms with Gasteiger partial charge >= 0.3 is 0 Å². The molecule has 1 aromatic heterocycles. The minimum absolute atomic E-state index is 0.137. The van der Waals surface area contributed by atoms with Gasteiger partial charge in [-0.2, -0.15) is 0 Å². The summed E-state index contributed by atoms with van der Waals surface area (Å²) in [4.78, 5) is 2.56. The molecule has 0 amide bonds. The number of benzene rings is 1. The second-order valence-corrected chi connectivity index (χ2v) is 6.33. The summed E-state index contributed by atoms with van der Waals surface area (Å²) in [6.45, 7) is 3.58. The van der Waals surface area contributed by atoms with Crippen molar-refractivity contribution in [1.82, 2.24) is 19.9 Å². The maximum absolute atomic E-state index is 8.96. The highest BCUT2D eigenvalue weighted by Gasteiger charge is 2.21. The molecule has 0 spiro atoms. The van der Waals surface area contributed by atoms with E-state index in [1.807, 2.05) is 10.9 Å². The minimum Gasteiger partial charge on any atom is -0.396 e. The molecule has 1 aliphatic rings. The number of likely N-dealkylation sites (tertiary alicyclic amines) is 1. The molecular formula is C18H26N4O. The van der Waals surface area contributed by atoms with Crippen molar-refractivity contribution in [3.05, 3.63) is 47.8 Å². The summed E-state index contributed by atoms with van der Waals surface area (Å²) in [5.41, 5.74) is 2.32. The van der Waals surface area contributed by atoms with E-state index in [-0.39, 0.29) is 6.61 Å². The number of aromatic nitrogens is 3. The monoisotopic (exact) mass is 314 g/mol. The first-order valence-electron chi connectivity index (χ1n) is 8.63. The summed E-state index contributed by atoms with van der Waals surface area (Å²) in [7, 11) is 0. The Morgan fingerprint density at radius 3 is 2.61 bits per heavy atom. The predicted octanol–water partition coefficient (Wildman–Crippen LogP) is 2.08. The second kappa shape index (κ2) is 8.22. The SMILES string of the molecule is OCCc1cn(C2CCN(CCCc3ccccc3)CC2)nn1. The van der Waals surface area contributed by atoms with Gasteiger partial charge in [0.25, 0.3) is 0 Å². The molecule has 124 valence electrons. The number of aliphatic hydroxyl groups is 1. The Hall–Kier alpha value is -1.72. The Morgan fingerprint density at radius 2 is 1.87 bits per heavy atom. The fourth-order valence-electron chi connectivity index (χ4n) is 3.28. The third-order valence-electron chi connectivity index (χ3n) is 4.64. The van der Waals surface area contributed by atoms with Gasteiger partial charge in [-0.1, -0.05) is 35.5 Å². The smallest absolute Gasteiger partial charge is 0.0850 e. The molecule has 1 N–H and O–H groups in total. The number of aryl methyl sites for hydroxylation is 1. The van der Waals surface area contributed by atoms with E-state index in [4.69, 9.17) is 5.11 Å². The highest BCUT2D eigenvalue weighted by Crippen LogP contribution is 2.22. The first-order chi connectivity index (χ1) is 11.3. The number of hydrogen-bond acceptors (Lipinski definition) is 4. The molecule has 0 radical (unpaired) electrons. The lowest BCUT2D eigenvalue weighted by Crippen LogP contribution is -2.35. The van der Waals surface area contributed by atoms with Crippen LogP contribution in [0.5, 0.6) is 0 Å². The van der Waals surface area contributed by atoms with E-state index in [9.17, 15) is 0 Å². The van der Waals surface area contributed by atoms with Gasteiger partial charge in [-0.15, -0.1) is 5.10 Å². The van der Waals surface area contributed by atoms with Crippen molar-refractivity contribution in [1.29, 1.82) is 0 Å². The van der Waals surface area contributed by atoms with Crippen LogP contribution in [-0.4, -0.2) is 51.2 Å². The molecule has 3 rings (SSSR count). The highest BCUT2D eigenvalue weighted by molar-refractivity contribution is 5.14. The van der Waals surface area contributed by atoms with E-state index >= 15 is 0 Å². The molecular weight excluding hydrogens is 288 g/mol. The zero-order valence-electron chi connectivity index (χ0n) is 13.6. The van der Waals surface area contributed by atoms with Gasteiger partial charge in [0, 0.05) is 32.3 Å². The van der Waals surface area contributed by atoms with E-state index in [0.29, 0.717) is 12.5 Å². The van der Waals surface area contributed by atoms with Gasteiger partial charge in [0.1, 0.15) is 0 Å². The highest BCUT2D eigenvalue weighted by atomic mass is 16.3. The van der Waals surface area contributed by atoms with E-state index in [1.165, 1.54) is 18.5 Å². The molecule has 0 aliphatic carbocycles. The van der Waals surface area contributed by atoms with Crippen molar-refractivity contribution in [3.8, 4) is 0 Å². The molecule has 0 bridgehead atoms. The van der Waals surface area contributed by atoms with Gasteiger partial charge in [-0.25, -0.2) is 4.68 Å². The van der Waals surface area contributed by atoms with Gasteiger partial charge in [0.2, 0.25) is 0 Å². The summed E-state index contributed by atoms with van der Waals surface area (Å²) in [6.07, 6.45) is 7.23. The Kier molecular flexibility index (Phi) is 5.77. The number of aliphatic hydroxyl groups excluding tert-OH is 1. The molecule has 0 saturated carbocycles. The average molecular weight is 314 g/mol. The van der Waals surface area contributed by atoms with Crippen LogP contribution in [0.3, 0.4) is 0 Å². The van der Waals surface area contributed by atoms with Crippen LogP contribution in [0.1, 0.15) is 36.6 Å². The zero-order chi connectivity index (χ0) is 15.9. The fraction of sp³-hybridized carbons (Fsp3) is 0.556. The van der Waals surface area contributed by atoms with E-state index in [1.54, 1.807) is 0 Å². The summed E-state index contributed by atoms with van der Waals surface area (Å²) in [6, 6.07) is 11.2. The van der Waals surface area contributed by atoms with Crippen molar-refractivity contribution in [2.24, 2.45) is 0 Å². The molecule has 2 aromatic rings. The maximum Gasteiger partial charge on any atom is 0.0850 e. The molecule has 0 atom stereocenters. The molecule has 1 aromatic carbocycles. The molecule has 23 heavy (non-hydrogen) atoms. The van der Waals surface area contributed by atoms with Crippen molar-refractivity contribution < 1.29 is 5.11 Å². The third-order valence-corrected chi connectivity index (χ3v) is 4.64. The average Bonchev–Trinajstić information content (AvgIpc) is 3.06. The molecule has 1 fully saturated rings. The largest absolute Gasteiger partial charge is 0.396 e. The van der Waals surface area contributed by atoms with Crippen molar-refractivity contribution in [3.63, 3.8) is 0 Å². The fourth-order valence-corrected chi connectivity index (χ4v) is 3.28. The summed E-state index contributed by atoms with van der Waals surface area (Å²) >= 11 is 0. The molecule has 5 heteroatoms. The lowest BCUT2D eigenvalue weighted by atomic mass is 10.0. The number of hydrogen-bond donors (Lipinski definition) is 1. The van der Waals surface area contributed by atoms with Gasteiger partial charge in [0.05, 0.1) is 11.7 Å². The lowest BCUT2D eigenvalue weighted by molar-refractivity contribution is 0.177. The van der Waals surface area contributed by atoms with Crippen molar-refractivity contribution >= 4 is 0 Å². The van der Waals surface area contributed by atoms with Crippen LogP contribution >= 0.6 is 0 Å². The Morgan fingerprint density at radius 1 is 1.09 bits per heavy atom. The topological polar surface area (TPSA) is 54.2 Å². The molecule has 0 unspecified atom stereocenters. The van der Waals surface area contributed by atoms with Crippen LogP contribution in [0, 0.1) is 0 Å². The normalized spacial score (nSPS) is 16.7. The van der Waals surface area contributed by atoms with Crippen LogP contribution < -0.4 is 0 Å². The summed E-state index contributed by atoms with van der Waals surface area (Å²) in [5, 5.41) is 17.3. The van der Waals surface area contributed by atoms with Crippen LogP contribution in [0.25, 0.3) is 0 Å². The van der Waals surface area contributed by atoms with E-state index in [0.717, 1.165) is 38.0 Å². The molecule has 1 saturated heterocycles. The van der Waals surface area contributed by atoms with Crippen LogP contribution in [-0.2, 0) is 12.8 Å². The zero-order valence-corrected chi connectivity index (χ0v) is 13.6. The molecule has 5 nitrogen and oxygen atoms in total. The Labute approximate surface area is 137 Å². The third kappa shape index (κ3) is 4.62. The predicted molar refractivity (Wildman–Crippen MR) is 90.3 cm³/mol. The quantitative estimate of drug-likeness (QED) is 0.850. The van der Waals surface area contributed by atoms with E-state index < -0.39 is 0 Å². The number of rotatable bonds is 7. The minimum atomic E-state index is 0.137. The Bertz CT molecular complexity index is 576. The van der Waals surface area contributed by atoms with Gasteiger partial charge in [-0.05, 0) is 37.8 Å². The summed E-state index contributed by atoms with van der Waals surface area (Å²) < 4.78 is 1.99. The lowest BCUT2D eigenvalue weighted by Gasteiger charge is -2.31. The second-order valence-electron chi connectivity index (χ2n) is 6.33. The van der Waals surface area contributed by atoms with Crippen LogP contribution in [0.2, 0.25) is 0 Å². The summed E-state index contributed by atoms with van der Waals surface area (Å²) in [5.74, 6) is 0. The molecule has 2 heterocycles. The standard InChI is InChI=1S/C18H26N4O/c23-14-10-17-15-22(20-19-17)18-8-12-21(13-9-18)11-4-7-16-5-2-1-3-6-16/h1-3,5-6,15,18,23H,4,7-14H2. The van der Waals surface area contributed by atoms with E-state index in [2.05, 4.69) is 45.5 Å². The first-order valence-corrected chi connectivity index (χ1v) is 8.63. The Balaban J connectivity index is 1.39. The van der Waals surface area contributed by atoms with Crippen molar-refractivity contribution in [2.45, 2.75) is 38.1 Å². The van der Waals surface area contributed by atoms with Gasteiger partial charge in [-0.3, -0.25) is 0 Å². The van der Waals surface area contributed by atoms with Gasteiger partial charge < -0.3 is 10.0 Å². The first kappa shape index (κ1) is 16.1. The maximum atomic E-state index is 8.96. The molecule has 1 aliphatic heterocycles. The van der Waals surface area contributed by atoms with Crippen LogP contribution in [0.15, 0.2) is 36.5 Å². The van der Waals surface area contributed by atoms with Crippen molar-refractivity contribution in [2.75, 3.05) is 26.2 Å². The van der Waals surface area contributed by atoms with Crippen LogP contribution in [0.4, 0.5) is 0 Å². The van der Waals surface area contributed by atoms with Gasteiger partial charge in [0.15, 0.2) is 0 Å². The number of piperidine rings is 1.